The number of hydrogen-bond donors (Lipinski definition) is 3. The summed E-state index contributed by atoms with van der Waals surface area (Å²) in [5.74, 6) is 0.191. The van der Waals surface area contributed by atoms with Crippen molar-refractivity contribution in [3.8, 4) is 0 Å². The largest absolute Gasteiger partial charge is 0.379 e. The van der Waals surface area contributed by atoms with E-state index in [1.54, 1.807) is 14.1 Å². The Bertz CT molecular complexity index is 721. The Kier molecular flexibility index (Phi) is 5.51. The van der Waals surface area contributed by atoms with Crippen molar-refractivity contribution in [2.24, 2.45) is 10.8 Å². The number of fused-ring (bicyclic) bond motifs is 2. The normalized spacial score (nSPS) is 35.8. The molecule has 4 aliphatic rings. The number of likely N-dealkylation sites (N-methyl/N-ethyl adjacent to an activating group) is 2. The van der Waals surface area contributed by atoms with E-state index in [2.05, 4.69) is 34.7 Å². The molecule has 3 N–H and O–H groups in total. The highest BCUT2D eigenvalue weighted by atomic mass is 16.5. The van der Waals surface area contributed by atoms with Crippen molar-refractivity contribution in [1.29, 1.82) is 0 Å². The van der Waals surface area contributed by atoms with E-state index in [1.807, 2.05) is 0 Å². The average Bonchev–Trinajstić information content (AvgIpc) is 3.27. The van der Waals surface area contributed by atoms with Crippen LogP contribution in [0.5, 0.6) is 0 Å². The minimum Gasteiger partial charge on any atom is -0.379 e. The van der Waals surface area contributed by atoms with Crippen LogP contribution in [0.15, 0.2) is 11.1 Å². The van der Waals surface area contributed by atoms with Crippen molar-refractivity contribution < 1.29 is 14.3 Å². The fourth-order valence-corrected chi connectivity index (χ4v) is 6.68. The molecule has 2 amide bonds. The topological polar surface area (TPSA) is 82.7 Å². The Morgan fingerprint density at radius 1 is 1.17 bits per heavy atom. The second kappa shape index (κ2) is 7.67. The number of likely N-dealkylation sites (tertiary alicyclic amines) is 1. The fraction of sp³-hybridized carbons (Fsp3) is 0.818. The number of allylic oxidation sites excluding steroid dienone is 1. The Hall–Kier alpha value is -1.44. The van der Waals surface area contributed by atoms with Gasteiger partial charge in [0.1, 0.15) is 0 Å². The first-order valence-corrected chi connectivity index (χ1v) is 11.1. The Labute approximate surface area is 174 Å². The van der Waals surface area contributed by atoms with Crippen LogP contribution in [-0.2, 0) is 14.3 Å². The highest BCUT2D eigenvalue weighted by Gasteiger charge is 2.70. The molecule has 0 aromatic heterocycles. The summed E-state index contributed by atoms with van der Waals surface area (Å²) < 4.78 is 5.71. The Morgan fingerprint density at radius 2 is 1.90 bits per heavy atom. The molecule has 4 unspecified atom stereocenters. The van der Waals surface area contributed by atoms with Crippen LogP contribution in [0.2, 0.25) is 0 Å². The molecule has 0 aromatic rings. The minimum absolute atomic E-state index is 0.0771. The molecular weight excluding hydrogens is 368 g/mol. The lowest BCUT2D eigenvalue weighted by atomic mass is 9.41. The molecule has 2 spiro atoms. The molecule has 2 aliphatic carbocycles. The summed E-state index contributed by atoms with van der Waals surface area (Å²) in [5.41, 5.74) is 2.77. The van der Waals surface area contributed by atoms with Gasteiger partial charge in [0.25, 0.3) is 0 Å². The molecule has 162 valence electrons. The lowest BCUT2D eigenvalue weighted by Gasteiger charge is -2.63. The van der Waals surface area contributed by atoms with Crippen LogP contribution in [0.1, 0.15) is 46.0 Å². The predicted octanol–water partition coefficient (Wildman–Crippen LogP) is 0.807. The van der Waals surface area contributed by atoms with Crippen molar-refractivity contribution in [2.45, 2.75) is 64.1 Å². The first-order chi connectivity index (χ1) is 13.9. The van der Waals surface area contributed by atoms with E-state index >= 15 is 0 Å². The molecule has 0 saturated carbocycles. The molecular formula is C22H36N4O3. The molecule has 2 aliphatic heterocycles. The van der Waals surface area contributed by atoms with Gasteiger partial charge in [0.2, 0.25) is 11.8 Å². The van der Waals surface area contributed by atoms with Crippen LogP contribution in [0.25, 0.3) is 0 Å². The van der Waals surface area contributed by atoms with E-state index in [9.17, 15) is 9.59 Å². The maximum atomic E-state index is 13.0. The summed E-state index contributed by atoms with van der Waals surface area (Å²) in [6.07, 6.45) is 5.20. The summed E-state index contributed by atoms with van der Waals surface area (Å²) in [4.78, 5) is 27.9. The molecule has 0 bridgehead atoms. The average molecular weight is 405 g/mol. The fourth-order valence-electron chi connectivity index (χ4n) is 6.68. The van der Waals surface area contributed by atoms with Gasteiger partial charge in [-0.3, -0.25) is 14.5 Å². The number of amides is 2. The van der Waals surface area contributed by atoms with Gasteiger partial charge in [0, 0.05) is 38.1 Å². The molecule has 7 nitrogen and oxygen atoms in total. The minimum atomic E-state index is -0.165. The SMILES string of the molecule is CNC(=O)C1NCCC12CC1=C2C2(CCN(CCCOC(C)C)C2C(=O)NC)C1. The highest BCUT2D eigenvalue weighted by molar-refractivity contribution is 5.87. The van der Waals surface area contributed by atoms with Gasteiger partial charge in [-0.25, -0.2) is 0 Å². The van der Waals surface area contributed by atoms with E-state index in [-0.39, 0.29) is 40.8 Å². The van der Waals surface area contributed by atoms with Crippen LogP contribution in [0.4, 0.5) is 0 Å². The number of hydrogen-bond acceptors (Lipinski definition) is 5. The van der Waals surface area contributed by atoms with Crippen LogP contribution in [0, 0.1) is 10.8 Å². The summed E-state index contributed by atoms with van der Waals surface area (Å²) >= 11 is 0. The standard InChI is InChI=1S/C22H36N4O3/c1-14(2)29-11-5-9-26-10-7-22(18(26)20(28)24-4)13-15-12-21(16(15)22)6-8-25-17(21)19(27)23-3/h14,17-18,25H,5-13H2,1-4H3,(H,23,27)(H,24,28). The summed E-state index contributed by atoms with van der Waals surface area (Å²) in [5, 5.41) is 9.20. The number of rotatable bonds is 7. The Balaban J connectivity index is 1.54. The molecule has 2 saturated heterocycles. The lowest BCUT2D eigenvalue weighted by Crippen LogP contribution is -2.64. The second-order valence-corrected chi connectivity index (χ2v) is 9.47. The summed E-state index contributed by atoms with van der Waals surface area (Å²) in [6.45, 7) is 7.50. The molecule has 7 heteroatoms. The molecule has 2 heterocycles. The number of carbonyl (C=O) groups is 2. The van der Waals surface area contributed by atoms with Gasteiger partial charge in [-0.05, 0) is 59.0 Å². The molecule has 4 rings (SSSR count). The van der Waals surface area contributed by atoms with Crippen molar-refractivity contribution >= 4 is 11.8 Å². The maximum absolute atomic E-state index is 13.0. The number of ether oxygens (including phenoxy) is 1. The predicted molar refractivity (Wildman–Crippen MR) is 111 cm³/mol. The molecule has 0 aromatic carbocycles. The van der Waals surface area contributed by atoms with Crippen LogP contribution in [-0.4, -0.2) is 75.2 Å². The first kappa shape index (κ1) is 20.8. The van der Waals surface area contributed by atoms with E-state index in [0.717, 1.165) is 58.3 Å². The third kappa shape index (κ3) is 3.04. The number of carbonyl (C=O) groups excluding carboxylic acids is 2. The van der Waals surface area contributed by atoms with E-state index in [1.165, 1.54) is 11.1 Å². The lowest BCUT2D eigenvalue weighted by molar-refractivity contribution is -0.129. The van der Waals surface area contributed by atoms with Gasteiger partial charge in [-0.2, -0.15) is 0 Å². The number of nitrogens with one attached hydrogen (secondary N) is 3. The van der Waals surface area contributed by atoms with Crippen molar-refractivity contribution in [3.63, 3.8) is 0 Å². The van der Waals surface area contributed by atoms with Crippen LogP contribution in [0.3, 0.4) is 0 Å². The van der Waals surface area contributed by atoms with Gasteiger partial charge >= 0.3 is 0 Å². The van der Waals surface area contributed by atoms with Gasteiger partial charge in [-0.15, -0.1) is 0 Å². The zero-order valence-corrected chi connectivity index (χ0v) is 18.3. The zero-order chi connectivity index (χ0) is 20.8. The third-order valence-electron chi connectivity index (χ3n) is 7.66. The maximum Gasteiger partial charge on any atom is 0.238 e. The molecule has 29 heavy (non-hydrogen) atoms. The smallest absolute Gasteiger partial charge is 0.238 e. The Morgan fingerprint density at radius 3 is 2.55 bits per heavy atom. The summed E-state index contributed by atoms with van der Waals surface area (Å²) in [7, 11) is 3.45. The van der Waals surface area contributed by atoms with E-state index < -0.39 is 0 Å². The van der Waals surface area contributed by atoms with E-state index in [4.69, 9.17) is 4.74 Å². The van der Waals surface area contributed by atoms with Gasteiger partial charge < -0.3 is 20.7 Å². The van der Waals surface area contributed by atoms with Gasteiger partial charge in [-0.1, -0.05) is 11.1 Å². The van der Waals surface area contributed by atoms with Crippen molar-refractivity contribution in [1.82, 2.24) is 20.9 Å². The van der Waals surface area contributed by atoms with Crippen molar-refractivity contribution in [2.75, 3.05) is 40.3 Å². The number of nitrogens with zero attached hydrogens (tertiary/aromatic N) is 1. The molecule has 4 atom stereocenters. The quantitative estimate of drug-likeness (QED) is 0.432. The van der Waals surface area contributed by atoms with E-state index in [0.29, 0.717) is 0 Å². The summed E-state index contributed by atoms with van der Waals surface area (Å²) in [6, 6.07) is -0.296. The molecule has 0 radical (unpaired) electrons. The van der Waals surface area contributed by atoms with Gasteiger partial charge in [0.15, 0.2) is 0 Å². The van der Waals surface area contributed by atoms with Gasteiger partial charge in [0.05, 0.1) is 18.2 Å². The monoisotopic (exact) mass is 404 g/mol. The highest BCUT2D eigenvalue weighted by Crippen LogP contribution is 2.73. The first-order valence-electron chi connectivity index (χ1n) is 11.1. The van der Waals surface area contributed by atoms with Crippen LogP contribution >= 0.6 is 0 Å². The second-order valence-electron chi connectivity index (χ2n) is 9.47. The zero-order valence-electron chi connectivity index (χ0n) is 18.3. The van der Waals surface area contributed by atoms with Crippen molar-refractivity contribution in [3.05, 3.63) is 11.1 Å². The third-order valence-corrected chi connectivity index (χ3v) is 7.66. The van der Waals surface area contributed by atoms with Crippen LogP contribution < -0.4 is 16.0 Å². The molecule has 2 fully saturated rings.